The minimum Gasteiger partial charge on any atom is -0.466 e. The van der Waals surface area contributed by atoms with E-state index in [1.807, 2.05) is 64.1 Å². The van der Waals surface area contributed by atoms with Crippen molar-refractivity contribution in [2.45, 2.75) is 25.5 Å². The van der Waals surface area contributed by atoms with Crippen molar-refractivity contribution in [1.29, 1.82) is 0 Å². The van der Waals surface area contributed by atoms with Crippen molar-refractivity contribution in [3.63, 3.8) is 0 Å². The second-order valence-corrected chi connectivity index (χ2v) is 9.45. The van der Waals surface area contributed by atoms with E-state index in [0.717, 1.165) is 23.5 Å². The number of amides is 1. The summed E-state index contributed by atoms with van der Waals surface area (Å²) < 4.78 is 21.8. The van der Waals surface area contributed by atoms with E-state index >= 15 is 0 Å². The summed E-state index contributed by atoms with van der Waals surface area (Å²) in [4.78, 5) is 26.5. The van der Waals surface area contributed by atoms with E-state index < -0.39 is 10.8 Å². The van der Waals surface area contributed by atoms with E-state index in [0.29, 0.717) is 26.1 Å². The van der Waals surface area contributed by atoms with E-state index in [1.165, 1.54) is 0 Å². The molecular weight excluding hydrogens is 440 g/mol. The molecule has 0 spiro atoms. The van der Waals surface area contributed by atoms with Crippen molar-refractivity contribution in [3.8, 4) is 11.5 Å². The van der Waals surface area contributed by atoms with Crippen molar-refractivity contribution in [2.24, 2.45) is 5.92 Å². The predicted molar refractivity (Wildman–Crippen MR) is 126 cm³/mol. The lowest BCUT2D eigenvalue weighted by molar-refractivity contribution is -0.151. The Bertz CT molecular complexity index is 1110. The number of aromatic nitrogens is 3. The lowest BCUT2D eigenvalue weighted by Crippen LogP contribution is -2.44. The normalized spacial score (nSPS) is 17.0. The molecule has 1 amide bonds. The van der Waals surface area contributed by atoms with Crippen molar-refractivity contribution in [1.82, 2.24) is 19.2 Å². The van der Waals surface area contributed by atoms with Crippen LogP contribution in [0.3, 0.4) is 0 Å². The first-order valence-corrected chi connectivity index (χ1v) is 12.6. The van der Waals surface area contributed by atoms with Crippen LogP contribution < -0.4 is 0 Å². The van der Waals surface area contributed by atoms with Crippen LogP contribution >= 0.6 is 0 Å². The molecule has 9 heteroatoms. The molecule has 0 bridgehead atoms. The smallest absolute Gasteiger partial charge is 0.310 e. The largest absolute Gasteiger partial charge is 0.466 e. The van der Waals surface area contributed by atoms with Gasteiger partial charge in [-0.15, -0.1) is 0 Å². The zero-order chi connectivity index (χ0) is 23.2. The maximum absolute atomic E-state index is 13.0. The van der Waals surface area contributed by atoms with Crippen LogP contribution in [0.4, 0.5) is 0 Å². The fourth-order valence-corrected chi connectivity index (χ4v) is 5.21. The van der Waals surface area contributed by atoms with Crippen LogP contribution in [-0.2, 0) is 30.9 Å². The molecule has 0 aliphatic carbocycles. The number of likely N-dealkylation sites (tertiary alicyclic amines) is 1. The number of hydrogen-bond donors (Lipinski definition) is 0. The average Bonchev–Trinajstić information content (AvgIpc) is 3.49. The highest BCUT2D eigenvalue weighted by atomic mass is 32.2. The highest BCUT2D eigenvalue weighted by Crippen LogP contribution is 2.22. The van der Waals surface area contributed by atoms with Crippen molar-refractivity contribution in [3.05, 3.63) is 66.6 Å². The van der Waals surface area contributed by atoms with Gasteiger partial charge in [-0.05, 0) is 44.0 Å². The van der Waals surface area contributed by atoms with Gasteiger partial charge < -0.3 is 14.2 Å². The zero-order valence-corrected chi connectivity index (χ0v) is 19.4. The van der Waals surface area contributed by atoms with Gasteiger partial charge in [-0.3, -0.25) is 13.8 Å². The van der Waals surface area contributed by atoms with Gasteiger partial charge in [-0.25, -0.2) is 4.68 Å². The maximum atomic E-state index is 13.0. The van der Waals surface area contributed by atoms with E-state index in [9.17, 15) is 13.8 Å². The maximum Gasteiger partial charge on any atom is 0.310 e. The predicted octanol–water partition coefficient (Wildman–Crippen LogP) is 2.71. The van der Waals surface area contributed by atoms with Gasteiger partial charge in [0.2, 0.25) is 5.91 Å². The van der Waals surface area contributed by atoms with E-state index in [-0.39, 0.29) is 29.3 Å². The minimum atomic E-state index is -1.42. The summed E-state index contributed by atoms with van der Waals surface area (Å²) in [6.07, 6.45) is 6.99. The molecule has 0 N–H and O–H groups in total. The summed E-state index contributed by atoms with van der Waals surface area (Å²) in [7, 11) is -1.42. The van der Waals surface area contributed by atoms with Crippen molar-refractivity contribution >= 4 is 22.7 Å². The molecule has 2 atom stereocenters. The lowest BCUT2D eigenvalue weighted by atomic mass is 9.98. The van der Waals surface area contributed by atoms with Crippen molar-refractivity contribution < 1.29 is 18.5 Å². The SMILES string of the molecule is CCOC(=O)[C@@H]1CCCN(C(=O)C[S@@](=O)Cc2cnn(-c3ccccc3)c2-n2cccc2)C1. The lowest BCUT2D eigenvalue weighted by Gasteiger charge is -2.31. The molecule has 1 aliphatic heterocycles. The van der Waals surface area contributed by atoms with E-state index in [1.54, 1.807) is 18.0 Å². The Balaban J connectivity index is 1.46. The standard InChI is InChI=1S/C24H28N4O4S/c1-2-32-24(30)19-9-8-14-27(16-19)22(29)18-33(31)17-20-15-25-28(21-10-4-3-5-11-21)23(20)26-12-6-7-13-26/h3-7,10-13,15,19H,2,8-9,14,16-18H2,1H3/t19-,33+/m1/s1. The molecule has 1 fully saturated rings. The highest BCUT2D eigenvalue weighted by Gasteiger charge is 2.30. The zero-order valence-electron chi connectivity index (χ0n) is 18.6. The molecule has 0 unspecified atom stereocenters. The third-order valence-electron chi connectivity index (χ3n) is 5.66. The number of esters is 1. The minimum absolute atomic E-state index is 0.0861. The quantitative estimate of drug-likeness (QED) is 0.475. The van der Waals surface area contributed by atoms with Crippen LogP contribution in [0.25, 0.3) is 11.5 Å². The van der Waals surface area contributed by atoms with Crippen molar-refractivity contribution in [2.75, 3.05) is 25.4 Å². The molecule has 1 aliphatic rings. The number of ether oxygens (including phenoxy) is 1. The Morgan fingerprint density at radius 3 is 2.64 bits per heavy atom. The number of carbonyl (C=O) groups excluding carboxylic acids is 2. The van der Waals surface area contributed by atoms with Crippen LogP contribution in [0.1, 0.15) is 25.3 Å². The molecule has 8 nitrogen and oxygen atoms in total. The summed E-state index contributed by atoms with van der Waals surface area (Å²) in [6, 6.07) is 13.6. The summed E-state index contributed by atoms with van der Waals surface area (Å²) in [5.41, 5.74) is 1.69. The number of nitrogens with zero attached hydrogens (tertiary/aromatic N) is 4. The Morgan fingerprint density at radius 2 is 1.91 bits per heavy atom. The number of rotatable bonds is 8. The van der Waals surface area contributed by atoms with E-state index in [2.05, 4.69) is 5.10 Å². The molecule has 1 saturated heterocycles. The van der Waals surface area contributed by atoms with Gasteiger partial charge >= 0.3 is 5.97 Å². The van der Waals surface area contributed by atoms with Gasteiger partial charge in [0.25, 0.3) is 0 Å². The third kappa shape index (κ3) is 5.42. The Kier molecular flexibility index (Phi) is 7.39. The van der Waals surface area contributed by atoms with Gasteiger partial charge in [0.1, 0.15) is 11.6 Å². The Hall–Kier alpha value is -3.20. The van der Waals surface area contributed by atoms with Gasteiger partial charge in [0.05, 0.1) is 30.2 Å². The van der Waals surface area contributed by atoms with Crippen LogP contribution in [0, 0.1) is 5.92 Å². The van der Waals surface area contributed by atoms with Crippen LogP contribution in [-0.4, -0.2) is 60.8 Å². The van der Waals surface area contributed by atoms with Crippen LogP contribution in [0.5, 0.6) is 0 Å². The first-order valence-electron chi connectivity index (χ1n) is 11.1. The third-order valence-corrected chi connectivity index (χ3v) is 6.86. The Morgan fingerprint density at radius 1 is 1.15 bits per heavy atom. The molecule has 33 heavy (non-hydrogen) atoms. The molecule has 3 aromatic rings. The van der Waals surface area contributed by atoms with Gasteiger partial charge in [0.15, 0.2) is 0 Å². The molecule has 2 aromatic heterocycles. The molecule has 4 rings (SSSR count). The fourth-order valence-electron chi connectivity index (χ4n) is 4.10. The molecule has 0 saturated carbocycles. The van der Waals surface area contributed by atoms with Crippen LogP contribution in [0.15, 0.2) is 61.1 Å². The summed E-state index contributed by atoms with van der Waals surface area (Å²) in [5, 5.41) is 4.53. The number of piperidine rings is 1. The summed E-state index contributed by atoms with van der Waals surface area (Å²) in [5.74, 6) is 0.160. The second kappa shape index (κ2) is 10.6. The van der Waals surface area contributed by atoms with Gasteiger partial charge in [-0.1, -0.05) is 18.2 Å². The van der Waals surface area contributed by atoms with Crippen LogP contribution in [0.2, 0.25) is 0 Å². The number of benzene rings is 1. The second-order valence-electron chi connectivity index (χ2n) is 7.99. The molecule has 1 aromatic carbocycles. The molecular formula is C24H28N4O4S. The molecule has 0 radical (unpaired) electrons. The molecule has 174 valence electrons. The summed E-state index contributed by atoms with van der Waals surface area (Å²) in [6.45, 7) is 3.00. The highest BCUT2D eigenvalue weighted by molar-refractivity contribution is 7.84. The first-order chi connectivity index (χ1) is 16.1. The van der Waals surface area contributed by atoms with Gasteiger partial charge in [-0.2, -0.15) is 5.10 Å². The summed E-state index contributed by atoms with van der Waals surface area (Å²) >= 11 is 0. The van der Waals surface area contributed by atoms with Gasteiger partial charge in [0, 0.05) is 41.8 Å². The number of carbonyl (C=O) groups is 2. The number of para-hydroxylation sites is 1. The fraction of sp³-hybridized carbons (Fsp3) is 0.375. The number of hydrogen-bond acceptors (Lipinski definition) is 5. The Labute approximate surface area is 195 Å². The molecule has 3 heterocycles. The first kappa shape index (κ1) is 23.0. The topological polar surface area (TPSA) is 86.4 Å². The average molecular weight is 469 g/mol. The monoisotopic (exact) mass is 468 g/mol. The van der Waals surface area contributed by atoms with E-state index in [4.69, 9.17) is 4.74 Å².